The number of ether oxygens (including phenoxy) is 1. The molecule has 19 heavy (non-hydrogen) atoms. The van der Waals surface area contributed by atoms with E-state index in [1.165, 1.54) is 6.08 Å². The summed E-state index contributed by atoms with van der Waals surface area (Å²) >= 11 is 4.21. The molecule has 0 aliphatic rings. The van der Waals surface area contributed by atoms with E-state index >= 15 is 0 Å². The van der Waals surface area contributed by atoms with Crippen molar-refractivity contribution in [2.75, 3.05) is 13.2 Å². The average molecular weight is 338 g/mol. The van der Waals surface area contributed by atoms with Gasteiger partial charge in [0.1, 0.15) is 0 Å². The first-order valence-electron chi connectivity index (χ1n) is 4.73. The standard InChI is InChI=1S/C7H13O5PS.H3O4P/c1-2-4-7(8)11-5-3-6-12-13(9,10)14;1-5(2,3)4/h2,4H,3,5-6H2,1H3,(H2,9,10,14);(H3,1,2,3,4). The molecule has 0 spiro atoms. The fourth-order valence-electron chi connectivity index (χ4n) is 0.599. The number of hydrogen-bond acceptors (Lipinski definition) is 5. The van der Waals surface area contributed by atoms with Crippen LogP contribution in [0.5, 0.6) is 0 Å². The number of carbonyl (C=O) groups is 1. The highest BCUT2D eigenvalue weighted by Gasteiger charge is 2.06. The van der Waals surface area contributed by atoms with E-state index in [0.717, 1.165) is 0 Å². The molecule has 0 bridgehead atoms. The maximum atomic E-state index is 10.7. The van der Waals surface area contributed by atoms with Crippen molar-refractivity contribution in [2.24, 2.45) is 0 Å². The van der Waals surface area contributed by atoms with Gasteiger partial charge in [0.25, 0.3) is 0 Å². The molecule has 0 atom stereocenters. The van der Waals surface area contributed by atoms with Crippen LogP contribution in [-0.2, 0) is 30.4 Å². The zero-order valence-electron chi connectivity index (χ0n) is 9.95. The summed E-state index contributed by atoms with van der Waals surface area (Å²) < 4.78 is 18.1. The van der Waals surface area contributed by atoms with Crippen molar-refractivity contribution >= 4 is 32.3 Å². The van der Waals surface area contributed by atoms with Gasteiger partial charge in [0, 0.05) is 12.5 Å². The maximum absolute atomic E-state index is 10.7. The smallest absolute Gasteiger partial charge is 0.462 e. The van der Waals surface area contributed by atoms with Crippen molar-refractivity contribution in [1.82, 2.24) is 0 Å². The summed E-state index contributed by atoms with van der Waals surface area (Å²) in [4.78, 5) is 49.6. The Hall–Kier alpha value is -0.150. The second-order valence-electron chi connectivity index (χ2n) is 2.86. The van der Waals surface area contributed by atoms with Gasteiger partial charge in [-0.25, -0.2) is 9.36 Å². The molecule has 0 saturated carbocycles. The third kappa shape index (κ3) is 31.9. The highest BCUT2D eigenvalue weighted by molar-refractivity contribution is 8.06. The van der Waals surface area contributed by atoms with Gasteiger partial charge in [0.15, 0.2) is 0 Å². The molecule has 114 valence electrons. The van der Waals surface area contributed by atoms with Crippen LogP contribution >= 0.6 is 14.5 Å². The van der Waals surface area contributed by atoms with Crippen LogP contribution in [-0.4, -0.2) is 43.7 Å². The number of rotatable bonds is 6. The largest absolute Gasteiger partial charge is 0.466 e. The molecule has 0 saturated heterocycles. The minimum atomic E-state index is -4.64. The van der Waals surface area contributed by atoms with Crippen LogP contribution < -0.4 is 0 Å². The van der Waals surface area contributed by atoms with E-state index in [0.29, 0.717) is 6.42 Å². The number of carbonyl (C=O) groups excluding carboxylic acids is 1. The Labute approximate surface area is 115 Å². The fourth-order valence-corrected chi connectivity index (χ4v) is 1.19. The van der Waals surface area contributed by atoms with E-state index in [4.69, 9.17) is 33.8 Å². The Morgan fingerprint density at radius 2 is 1.68 bits per heavy atom. The Morgan fingerprint density at radius 3 is 2.05 bits per heavy atom. The van der Waals surface area contributed by atoms with Crippen LogP contribution in [0.3, 0.4) is 0 Å². The van der Waals surface area contributed by atoms with Crippen molar-refractivity contribution in [3.63, 3.8) is 0 Å². The van der Waals surface area contributed by atoms with Crippen LogP contribution in [0, 0.1) is 0 Å². The van der Waals surface area contributed by atoms with Gasteiger partial charge in [-0.15, -0.1) is 0 Å². The number of allylic oxidation sites excluding steroid dienone is 1. The van der Waals surface area contributed by atoms with E-state index in [2.05, 4.69) is 16.3 Å². The van der Waals surface area contributed by atoms with E-state index in [1.807, 2.05) is 0 Å². The summed E-state index contributed by atoms with van der Waals surface area (Å²) in [7, 11) is -4.64. The second-order valence-corrected chi connectivity index (χ2v) is 6.55. The lowest BCUT2D eigenvalue weighted by Gasteiger charge is -2.07. The van der Waals surface area contributed by atoms with Crippen molar-refractivity contribution < 1.29 is 43.1 Å². The minimum Gasteiger partial charge on any atom is -0.462 e. The first-order valence-corrected chi connectivity index (χ1v) is 8.92. The topological polar surface area (TPSA) is 154 Å². The van der Waals surface area contributed by atoms with Crippen molar-refractivity contribution in [3.05, 3.63) is 12.2 Å². The molecular formula is C7H16O9P2S. The molecule has 0 amide bonds. The zero-order valence-corrected chi connectivity index (χ0v) is 12.6. The van der Waals surface area contributed by atoms with Crippen molar-refractivity contribution in [3.8, 4) is 0 Å². The number of hydrogen-bond donors (Lipinski definition) is 5. The third-order valence-electron chi connectivity index (χ3n) is 1.10. The zero-order chi connectivity index (χ0) is 15.5. The molecular weight excluding hydrogens is 322 g/mol. The summed E-state index contributed by atoms with van der Waals surface area (Å²) in [5, 5.41) is 0. The first kappa shape index (κ1) is 21.2. The Bertz CT molecular complexity index is 362. The van der Waals surface area contributed by atoms with Gasteiger partial charge in [-0.05, 0) is 18.7 Å². The average Bonchev–Trinajstić information content (AvgIpc) is 2.13. The van der Waals surface area contributed by atoms with E-state index < -0.39 is 20.5 Å². The fraction of sp³-hybridized carbons (Fsp3) is 0.571. The molecule has 0 aromatic carbocycles. The Morgan fingerprint density at radius 1 is 1.21 bits per heavy atom. The van der Waals surface area contributed by atoms with Gasteiger partial charge in [-0.3, -0.25) is 0 Å². The minimum absolute atomic E-state index is 0.0629. The molecule has 0 heterocycles. The quantitative estimate of drug-likeness (QED) is 0.190. The summed E-state index contributed by atoms with van der Waals surface area (Å²) in [6.45, 7) is -1.63. The van der Waals surface area contributed by atoms with Crippen molar-refractivity contribution in [1.29, 1.82) is 0 Å². The third-order valence-corrected chi connectivity index (χ3v) is 1.93. The summed E-state index contributed by atoms with van der Waals surface area (Å²) in [6.07, 6.45) is 3.24. The predicted octanol–water partition coefficient (Wildman–Crippen LogP) is -0.207. The van der Waals surface area contributed by atoms with E-state index in [-0.39, 0.29) is 13.2 Å². The molecule has 0 unspecified atom stereocenters. The van der Waals surface area contributed by atoms with Gasteiger partial charge in [0.05, 0.1) is 13.2 Å². The molecule has 0 aliphatic carbocycles. The maximum Gasteiger partial charge on any atom is 0.466 e. The van der Waals surface area contributed by atoms with Crippen molar-refractivity contribution in [2.45, 2.75) is 13.3 Å². The van der Waals surface area contributed by atoms with Crippen LogP contribution in [0.1, 0.15) is 13.3 Å². The summed E-state index contributed by atoms with van der Waals surface area (Å²) in [5.74, 6) is -0.431. The molecule has 5 N–H and O–H groups in total. The van der Waals surface area contributed by atoms with Gasteiger partial charge < -0.3 is 33.7 Å². The Kier molecular flexibility index (Phi) is 11.8. The molecule has 0 radical (unpaired) electrons. The van der Waals surface area contributed by atoms with Crippen LogP contribution in [0.4, 0.5) is 0 Å². The van der Waals surface area contributed by atoms with Crippen LogP contribution in [0.25, 0.3) is 0 Å². The molecule has 0 aromatic heterocycles. The van der Waals surface area contributed by atoms with Gasteiger partial charge in [-0.2, -0.15) is 0 Å². The lowest BCUT2D eigenvalue weighted by atomic mass is 10.5. The van der Waals surface area contributed by atoms with E-state index in [1.54, 1.807) is 13.0 Å². The Balaban J connectivity index is 0. The lowest BCUT2D eigenvalue weighted by molar-refractivity contribution is -0.137. The lowest BCUT2D eigenvalue weighted by Crippen LogP contribution is -2.04. The molecule has 0 rings (SSSR count). The normalized spacial score (nSPS) is 11.9. The molecule has 0 fully saturated rings. The van der Waals surface area contributed by atoms with Crippen LogP contribution in [0.2, 0.25) is 0 Å². The van der Waals surface area contributed by atoms with Crippen LogP contribution in [0.15, 0.2) is 12.2 Å². The molecule has 9 nitrogen and oxygen atoms in total. The van der Waals surface area contributed by atoms with Gasteiger partial charge >= 0.3 is 20.5 Å². The molecule has 0 aliphatic heterocycles. The number of phosphoric acid groups is 1. The monoisotopic (exact) mass is 338 g/mol. The first-order chi connectivity index (χ1) is 8.45. The van der Waals surface area contributed by atoms with Gasteiger partial charge in [-0.1, -0.05) is 6.08 Å². The molecule has 12 heteroatoms. The van der Waals surface area contributed by atoms with Gasteiger partial charge in [0.2, 0.25) is 0 Å². The molecule has 0 aromatic rings. The highest BCUT2D eigenvalue weighted by atomic mass is 32.5. The summed E-state index contributed by atoms with van der Waals surface area (Å²) in [5.41, 5.74) is 0. The predicted molar refractivity (Wildman–Crippen MR) is 69.3 cm³/mol. The second kappa shape index (κ2) is 10.6. The summed E-state index contributed by atoms with van der Waals surface area (Å²) in [6, 6.07) is 0. The number of esters is 1. The SMILES string of the molecule is CC=CC(=O)OCCCOP(O)(O)=S.O=P(O)(O)O. The van der Waals surface area contributed by atoms with E-state index in [9.17, 15) is 4.79 Å². The highest BCUT2D eigenvalue weighted by Crippen LogP contribution is 2.36.